The highest BCUT2D eigenvalue weighted by atomic mass is 32.1. The molecule has 3 aromatic rings. The Bertz CT molecular complexity index is 1140. The number of likely N-dealkylation sites (N-methyl/N-ethyl adjacent to an activating group) is 1. The molecule has 0 amide bonds. The minimum Gasteiger partial charge on any atom is -0.497 e. The van der Waals surface area contributed by atoms with Gasteiger partial charge in [0.05, 0.1) is 39.2 Å². The first-order valence-corrected chi connectivity index (χ1v) is 14.8. The monoisotopic (exact) mass is 551 g/mol. The fourth-order valence-corrected chi connectivity index (χ4v) is 5.79. The third kappa shape index (κ3) is 8.16. The minimum absolute atomic E-state index is 0.535. The van der Waals surface area contributed by atoms with Crippen molar-refractivity contribution in [2.75, 3.05) is 89.6 Å². The summed E-state index contributed by atoms with van der Waals surface area (Å²) >= 11 is 1.68. The Labute approximate surface area is 236 Å². The predicted octanol–water partition coefficient (Wildman–Crippen LogP) is 3.96. The van der Waals surface area contributed by atoms with E-state index in [2.05, 4.69) is 68.4 Å². The maximum Gasteiger partial charge on any atom is 0.186 e. The van der Waals surface area contributed by atoms with Crippen LogP contribution in [0.4, 0.5) is 10.8 Å². The quantitative estimate of drug-likeness (QED) is 0.314. The molecule has 210 valence electrons. The highest BCUT2D eigenvalue weighted by Gasteiger charge is 2.17. The number of thiazole rings is 1. The van der Waals surface area contributed by atoms with Crippen LogP contribution in [0.1, 0.15) is 16.8 Å². The zero-order chi connectivity index (χ0) is 26.9. The molecule has 8 nitrogen and oxygen atoms in total. The molecule has 0 N–H and O–H groups in total. The summed E-state index contributed by atoms with van der Waals surface area (Å²) in [5.74, 6) is 0.873. The molecule has 5 rings (SSSR count). The largest absolute Gasteiger partial charge is 0.497 e. The summed E-state index contributed by atoms with van der Waals surface area (Å²) in [5, 5.41) is 3.13. The highest BCUT2D eigenvalue weighted by Crippen LogP contribution is 2.27. The molecule has 0 bridgehead atoms. The Balaban J connectivity index is 1.23. The number of methoxy groups -OCH3 is 1. The Morgan fingerprint density at radius 2 is 1.72 bits per heavy atom. The average molecular weight is 552 g/mol. The maximum absolute atomic E-state index is 5.98. The minimum atomic E-state index is 0.535. The van der Waals surface area contributed by atoms with Crippen LogP contribution in [-0.4, -0.2) is 94.6 Å². The molecule has 1 aromatic heterocycles. The number of ether oxygens (including phenoxy) is 3. The lowest BCUT2D eigenvalue weighted by atomic mass is 10.1. The van der Waals surface area contributed by atoms with Gasteiger partial charge in [-0.05, 0) is 42.4 Å². The van der Waals surface area contributed by atoms with Crippen LogP contribution in [0.25, 0.3) is 0 Å². The zero-order valence-electron chi connectivity index (χ0n) is 23.3. The van der Waals surface area contributed by atoms with Crippen LogP contribution in [0, 0.1) is 0 Å². The summed E-state index contributed by atoms with van der Waals surface area (Å²) in [6, 6.07) is 17.3. The second-order valence-electron chi connectivity index (χ2n) is 10.3. The molecule has 9 heteroatoms. The van der Waals surface area contributed by atoms with Crippen LogP contribution in [0.15, 0.2) is 53.9 Å². The van der Waals surface area contributed by atoms with Crippen LogP contribution < -0.4 is 14.5 Å². The summed E-state index contributed by atoms with van der Waals surface area (Å²) < 4.78 is 16.9. The third-order valence-corrected chi connectivity index (χ3v) is 8.35. The number of rotatable bonds is 12. The van der Waals surface area contributed by atoms with E-state index in [4.69, 9.17) is 19.2 Å². The maximum atomic E-state index is 5.98. The second-order valence-corrected chi connectivity index (χ2v) is 11.1. The molecular formula is C30H41N5O3S. The van der Waals surface area contributed by atoms with E-state index in [1.807, 2.05) is 12.1 Å². The molecule has 39 heavy (non-hydrogen) atoms. The fraction of sp³-hybridized carbons (Fsp3) is 0.500. The molecule has 2 aliphatic rings. The van der Waals surface area contributed by atoms with Gasteiger partial charge in [-0.25, -0.2) is 4.98 Å². The van der Waals surface area contributed by atoms with E-state index in [9.17, 15) is 0 Å². The molecule has 2 aliphatic heterocycles. The first-order chi connectivity index (χ1) is 19.2. The number of aromatic nitrogens is 1. The smallest absolute Gasteiger partial charge is 0.186 e. The van der Waals surface area contributed by atoms with Gasteiger partial charge < -0.3 is 28.9 Å². The third-order valence-electron chi connectivity index (χ3n) is 7.40. The summed E-state index contributed by atoms with van der Waals surface area (Å²) in [5.41, 5.74) is 4.76. The van der Waals surface area contributed by atoms with E-state index in [1.54, 1.807) is 18.4 Å². The highest BCUT2D eigenvalue weighted by molar-refractivity contribution is 7.13. The molecule has 0 spiro atoms. The van der Waals surface area contributed by atoms with E-state index in [0.717, 1.165) is 88.7 Å². The van der Waals surface area contributed by atoms with Crippen LogP contribution in [0.2, 0.25) is 0 Å². The summed E-state index contributed by atoms with van der Waals surface area (Å²) in [6.07, 6.45) is 0. The van der Waals surface area contributed by atoms with Crippen molar-refractivity contribution in [1.29, 1.82) is 0 Å². The van der Waals surface area contributed by atoms with Crippen molar-refractivity contribution in [3.8, 4) is 5.75 Å². The number of anilines is 2. The van der Waals surface area contributed by atoms with Gasteiger partial charge in [0.15, 0.2) is 5.13 Å². The van der Waals surface area contributed by atoms with Crippen molar-refractivity contribution in [3.63, 3.8) is 0 Å². The molecule has 0 atom stereocenters. The molecule has 3 heterocycles. The van der Waals surface area contributed by atoms with E-state index in [-0.39, 0.29) is 0 Å². The summed E-state index contributed by atoms with van der Waals surface area (Å²) in [6.45, 7) is 11.7. The van der Waals surface area contributed by atoms with Gasteiger partial charge in [-0.3, -0.25) is 4.90 Å². The van der Waals surface area contributed by atoms with Crippen molar-refractivity contribution in [2.45, 2.75) is 19.7 Å². The van der Waals surface area contributed by atoms with Crippen LogP contribution in [0.3, 0.4) is 0 Å². The molecule has 0 aliphatic carbocycles. The van der Waals surface area contributed by atoms with E-state index >= 15 is 0 Å². The van der Waals surface area contributed by atoms with Gasteiger partial charge >= 0.3 is 0 Å². The molecule has 2 aromatic carbocycles. The van der Waals surface area contributed by atoms with Gasteiger partial charge in [0, 0.05) is 70.0 Å². The lowest BCUT2D eigenvalue weighted by Crippen LogP contribution is -2.44. The van der Waals surface area contributed by atoms with Gasteiger partial charge in [-0.15, -0.1) is 11.3 Å². The Morgan fingerprint density at radius 3 is 2.49 bits per heavy atom. The van der Waals surface area contributed by atoms with Gasteiger partial charge in [0.25, 0.3) is 0 Å². The van der Waals surface area contributed by atoms with Gasteiger partial charge in [0.2, 0.25) is 0 Å². The molecule has 0 saturated carbocycles. The molecule has 0 unspecified atom stereocenters. The SMILES string of the molecule is COc1cccc(CN(Cc2ccc(N3CCN(C)CC3)cc2)c2nc(COCCN3CCOCC3)cs2)c1. The van der Waals surface area contributed by atoms with Crippen molar-refractivity contribution < 1.29 is 14.2 Å². The van der Waals surface area contributed by atoms with E-state index in [1.165, 1.54) is 16.8 Å². The Morgan fingerprint density at radius 1 is 0.949 bits per heavy atom. The Hall–Kier alpha value is -2.69. The predicted molar refractivity (Wildman–Crippen MR) is 158 cm³/mol. The van der Waals surface area contributed by atoms with Crippen LogP contribution in [0.5, 0.6) is 5.75 Å². The lowest BCUT2D eigenvalue weighted by molar-refractivity contribution is 0.0177. The summed E-state index contributed by atoms with van der Waals surface area (Å²) in [4.78, 5) is 14.6. The number of hydrogen-bond acceptors (Lipinski definition) is 9. The Kier molecular flexibility index (Phi) is 10.1. The first kappa shape index (κ1) is 27.9. The summed E-state index contributed by atoms with van der Waals surface area (Å²) in [7, 11) is 3.91. The van der Waals surface area contributed by atoms with Gasteiger partial charge in [-0.2, -0.15) is 0 Å². The van der Waals surface area contributed by atoms with Crippen molar-refractivity contribution in [3.05, 3.63) is 70.7 Å². The number of nitrogens with zero attached hydrogens (tertiary/aromatic N) is 5. The van der Waals surface area contributed by atoms with Crippen molar-refractivity contribution in [1.82, 2.24) is 14.8 Å². The molecule has 0 radical (unpaired) electrons. The normalized spacial score (nSPS) is 16.9. The zero-order valence-corrected chi connectivity index (χ0v) is 24.1. The standard InChI is InChI=1S/C30H41N5O3S/c1-32-10-12-34(13-11-32)28-8-6-25(7-9-28)21-35(22-26-4-3-5-29(20-26)36-2)30-31-27(24-39-30)23-38-19-16-33-14-17-37-18-15-33/h3-9,20,24H,10-19,21-23H2,1-2H3. The number of benzene rings is 2. The van der Waals surface area contributed by atoms with Crippen LogP contribution >= 0.6 is 11.3 Å². The van der Waals surface area contributed by atoms with Crippen molar-refractivity contribution in [2.24, 2.45) is 0 Å². The van der Waals surface area contributed by atoms with Gasteiger partial charge in [-0.1, -0.05) is 24.3 Å². The molecule has 2 fully saturated rings. The average Bonchev–Trinajstić information content (AvgIpc) is 3.45. The fourth-order valence-electron chi connectivity index (χ4n) is 4.98. The van der Waals surface area contributed by atoms with Crippen LogP contribution in [-0.2, 0) is 29.2 Å². The topological polar surface area (TPSA) is 53.5 Å². The number of hydrogen-bond donors (Lipinski definition) is 0. The van der Waals surface area contributed by atoms with Gasteiger partial charge in [0.1, 0.15) is 5.75 Å². The molecule has 2 saturated heterocycles. The molecular weight excluding hydrogens is 510 g/mol. The van der Waals surface area contributed by atoms with E-state index < -0.39 is 0 Å². The second kappa shape index (κ2) is 14.1. The lowest BCUT2D eigenvalue weighted by Gasteiger charge is -2.34. The van der Waals surface area contributed by atoms with E-state index in [0.29, 0.717) is 13.2 Å². The number of morpholine rings is 1. The van der Waals surface area contributed by atoms with Crippen molar-refractivity contribution >= 4 is 22.2 Å². The number of piperazine rings is 1. The first-order valence-electron chi connectivity index (χ1n) is 13.9.